The highest BCUT2D eigenvalue weighted by molar-refractivity contribution is 7.99. The molecule has 1 aliphatic rings. The third-order valence-corrected chi connectivity index (χ3v) is 5.46. The van der Waals surface area contributed by atoms with Gasteiger partial charge in [0.2, 0.25) is 5.16 Å². The molecule has 0 saturated heterocycles. The highest BCUT2D eigenvalue weighted by Crippen LogP contribution is 2.24. The van der Waals surface area contributed by atoms with Crippen molar-refractivity contribution in [2.75, 3.05) is 5.75 Å². The Kier molecular flexibility index (Phi) is 4.71. The number of Topliss-reactive ketones (excluding diaryl/α,β-unsaturated/α-hetero) is 1. The molecule has 0 unspecified atom stereocenters. The van der Waals surface area contributed by atoms with E-state index in [1.54, 1.807) is 28.9 Å². The fraction of sp³-hybridized carbons (Fsp3) is 0.263. The third kappa shape index (κ3) is 3.48. The molecule has 3 aromatic rings. The van der Waals surface area contributed by atoms with Gasteiger partial charge in [-0.25, -0.2) is 0 Å². The summed E-state index contributed by atoms with van der Waals surface area (Å²) in [5.41, 5.74) is 4.16. The number of thioether (sulfide) groups is 1. The maximum atomic E-state index is 12.6. The van der Waals surface area contributed by atoms with Crippen LogP contribution in [0.1, 0.15) is 34.3 Å². The van der Waals surface area contributed by atoms with Crippen LogP contribution in [0.2, 0.25) is 0 Å². The highest BCUT2D eigenvalue weighted by Gasteiger charge is 2.15. The molecular weight excluding hydrogens is 348 g/mol. The number of aromatic hydroxyl groups is 1. The lowest BCUT2D eigenvalue weighted by atomic mass is 9.90. The van der Waals surface area contributed by atoms with E-state index in [0.29, 0.717) is 5.16 Å². The van der Waals surface area contributed by atoms with E-state index in [0.717, 1.165) is 24.1 Å². The smallest absolute Gasteiger partial charge is 0.214 e. The molecule has 0 radical (unpaired) electrons. The van der Waals surface area contributed by atoms with Gasteiger partial charge < -0.3 is 5.11 Å². The topological polar surface area (TPSA) is 80.9 Å². The van der Waals surface area contributed by atoms with E-state index in [4.69, 9.17) is 0 Å². The number of aryl methyl sites for hydroxylation is 2. The maximum Gasteiger partial charge on any atom is 0.214 e. The number of aromatic nitrogens is 4. The molecular formula is C19H18N4O2S. The quantitative estimate of drug-likeness (QED) is 0.552. The molecule has 132 valence electrons. The number of carbonyl (C=O) groups excluding carboxylic acids is 1. The highest BCUT2D eigenvalue weighted by atomic mass is 32.2. The van der Waals surface area contributed by atoms with Crippen molar-refractivity contribution in [2.24, 2.45) is 0 Å². The van der Waals surface area contributed by atoms with Crippen molar-refractivity contribution in [3.05, 3.63) is 59.2 Å². The fourth-order valence-corrected chi connectivity index (χ4v) is 3.93. The zero-order chi connectivity index (χ0) is 17.9. The Balaban J connectivity index is 1.47. The van der Waals surface area contributed by atoms with Crippen LogP contribution in [-0.4, -0.2) is 36.8 Å². The Labute approximate surface area is 155 Å². The number of rotatable bonds is 5. The van der Waals surface area contributed by atoms with Crippen molar-refractivity contribution < 1.29 is 9.90 Å². The van der Waals surface area contributed by atoms with Crippen LogP contribution >= 0.6 is 11.8 Å². The first kappa shape index (κ1) is 16.8. The number of hydrogen-bond donors (Lipinski definition) is 1. The molecule has 0 aliphatic heterocycles. The van der Waals surface area contributed by atoms with E-state index in [-0.39, 0.29) is 17.3 Å². The van der Waals surface area contributed by atoms with Gasteiger partial charge in [0.05, 0.1) is 11.4 Å². The molecule has 1 aliphatic carbocycles. The van der Waals surface area contributed by atoms with Gasteiger partial charge >= 0.3 is 0 Å². The second-order valence-corrected chi connectivity index (χ2v) is 7.23. The summed E-state index contributed by atoms with van der Waals surface area (Å²) in [6.07, 6.45) is 4.60. The van der Waals surface area contributed by atoms with Gasteiger partial charge in [-0.2, -0.15) is 4.68 Å². The van der Waals surface area contributed by atoms with Gasteiger partial charge in [0.1, 0.15) is 5.75 Å². The SMILES string of the molecule is O=C(CSc1nnnn1-c1ccc(O)cc1)c1ccc2c(c1)CCCC2. The lowest BCUT2D eigenvalue weighted by Gasteiger charge is -2.16. The minimum Gasteiger partial charge on any atom is -0.508 e. The van der Waals surface area contributed by atoms with Gasteiger partial charge in [-0.3, -0.25) is 4.79 Å². The summed E-state index contributed by atoms with van der Waals surface area (Å²) >= 11 is 1.31. The Morgan fingerprint density at radius 2 is 1.85 bits per heavy atom. The fourth-order valence-electron chi connectivity index (χ4n) is 3.15. The van der Waals surface area contributed by atoms with Crippen LogP contribution in [0.25, 0.3) is 5.69 Å². The summed E-state index contributed by atoms with van der Waals surface area (Å²) in [7, 11) is 0. The van der Waals surface area contributed by atoms with Gasteiger partial charge in [0, 0.05) is 5.56 Å². The van der Waals surface area contributed by atoms with Crippen LogP contribution in [0, 0.1) is 0 Å². The Morgan fingerprint density at radius 1 is 1.08 bits per heavy atom. The van der Waals surface area contributed by atoms with Crippen LogP contribution in [0.4, 0.5) is 0 Å². The van der Waals surface area contributed by atoms with Crippen molar-refractivity contribution in [3.8, 4) is 11.4 Å². The van der Waals surface area contributed by atoms with Crippen LogP contribution < -0.4 is 0 Å². The Bertz CT molecular complexity index is 937. The van der Waals surface area contributed by atoms with Crippen LogP contribution in [-0.2, 0) is 12.8 Å². The van der Waals surface area contributed by atoms with Gasteiger partial charge in [-0.15, -0.1) is 5.10 Å². The lowest BCUT2D eigenvalue weighted by Crippen LogP contribution is -2.08. The third-order valence-electron chi connectivity index (χ3n) is 4.54. The number of ketones is 1. The van der Waals surface area contributed by atoms with E-state index >= 15 is 0 Å². The summed E-state index contributed by atoms with van der Waals surface area (Å²) in [5, 5.41) is 21.6. The van der Waals surface area contributed by atoms with Gasteiger partial charge in [-0.1, -0.05) is 23.9 Å². The molecule has 7 heteroatoms. The molecule has 0 saturated carbocycles. The average molecular weight is 366 g/mol. The standard InChI is InChI=1S/C19H18N4O2S/c24-17-9-7-16(8-10-17)23-19(20-21-22-23)26-12-18(25)15-6-5-13-3-1-2-4-14(13)11-15/h5-11,24H,1-4,12H2. The first-order valence-electron chi connectivity index (χ1n) is 8.56. The lowest BCUT2D eigenvalue weighted by molar-refractivity contribution is 0.102. The largest absolute Gasteiger partial charge is 0.508 e. The molecule has 0 amide bonds. The van der Waals surface area contributed by atoms with Crippen molar-refractivity contribution in [3.63, 3.8) is 0 Å². The normalized spacial score (nSPS) is 13.4. The number of tetrazole rings is 1. The summed E-state index contributed by atoms with van der Waals surface area (Å²) in [6, 6.07) is 12.7. The van der Waals surface area contributed by atoms with E-state index in [1.165, 1.54) is 35.7 Å². The summed E-state index contributed by atoms with van der Waals surface area (Å²) in [6.45, 7) is 0. The summed E-state index contributed by atoms with van der Waals surface area (Å²) in [5.74, 6) is 0.527. The first-order chi connectivity index (χ1) is 12.7. The monoisotopic (exact) mass is 366 g/mol. The number of carbonyl (C=O) groups is 1. The molecule has 0 bridgehead atoms. The predicted octanol–water partition coefficient (Wildman–Crippen LogP) is 3.22. The number of phenols is 1. The molecule has 2 aromatic carbocycles. The van der Waals surface area contributed by atoms with Gasteiger partial charge in [0.25, 0.3) is 0 Å². The van der Waals surface area contributed by atoms with Crippen LogP contribution in [0.15, 0.2) is 47.6 Å². The molecule has 1 heterocycles. The minimum absolute atomic E-state index is 0.0728. The van der Waals surface area contributed by atoms with E-state index < -0.39 is 0 Å². The van der Waals surface area contributed by atoms with Crippen molar-refractivity contribution in [2.45, 2.75) is 30.8 Å². The van der Waals surface area contributed by atoms with Gasteiger partial charge in [-0.05, 0) is 77.6 Å². The molecule has 0 atom stereocenters. The van der Waals surface area contributed by atoms with Crippen molar-refractivity contribution in [1.29, 1.82) is 0 Å². The van der Waals surface area contributed by atoms with Crippen molar-refractivity contribution >= 4 is 17.5 Å². The summed E-state index contributed by atoms with van der Waals surface area (Å²) < 4.78 is 1.56. The molecule has 0 fully saturated rings. The van der Waals surface area contributed by atoms with E-state index in [2.05, 4.69) is 21.6 Å². The molecule has 0 spiro atoms. The molecule has 1 aromatic heterocycles. The van der Waals surface area contributed by atoms with Crippen LogP contribution in [0.3, 0.4) is 0 Å². The van der Waals surface area contributed by atoms with E-state index in [9.17, 15) is 9.90 Å². The number of benzene rings is 2. The first-order valence-corrected chi connectivity index (χ1v) is 9.55. The maximum absolute atomic E-state index is 12.6. The second-order valence-electron chi connectivity index (χ2n) is 6.29. The number of hydrogen-bond acceptors (Lipinski definition) is 6. The number of nitrogens with zero attached hydrogens (tertiary/aromatic N) is 4. The van der Waals surface area contributed by atoms with E-state index in [1.807, 2.05) is 12.1 Å². The number of phenolic OH excluding ortho intramolecular Hbond substituents is 1. The predicted molar refractivity (Wildman–Crippen MR) is 99.0 cm³/mol. The molecule has 4 rings (SSSR count). The van der Waals surface area contributed by atoms with Gasteiger partial charge in [0.15, 0.2) is 5.78 Å². The Hall–Kier alpha value is -2.67. The molecule has 26 heavy (non-hydrogen) atoms. The molecule has 6 nitrogen and oxygen atoms in total. The number of fused-ring (bicyclic) bond motifs is 1. The Morgan fingerprint density at radius 3 is 2.65 bits per heavy atom. The second kappa shape index (κ2) is 7.29. The zero-order valence-corrected chi connectivity index (χ0v) is 14.9. The minimum atomic E-state index is 0.0728. The van der Waals surface area contributed by atoms with Crippen LogP contribution in [0.5, 0.6) is 5.75 Å². The van der Waals surface area contributed by atoms with Crippen molar-refractivity contribution in [1.82, 2.24) is 20.2 Å². The zero-order valence-electron chi connectivity index (χ0n) is 14.1. The molecule has 1 N–H and O–H groups in total. The average Bonchev–Trinajstić information content (AvgIpc) is 3.15. The summed E-state index contributed by atoms with van der Waals surface area (Å²) in [4.78, 5) is 12.6.